The zero-order valence-corrected chi connectivity index (χ0v) is 16.2. The highest BCUT2D eigenvalue weighted by atomic mass is 16.5. The number of carbonyl (C=O) groups excluding carboxylic acids is 2. The lowest BCUT2D eigenvalue weighted by atomic mass is 9.85. The number of esters is 1. The largest absolute Gasteiger partial charge is 0.494 e. The predicted octanol–water partition coefficient (Wildman–Crippen LogP) is 3.82. The van der Waals surface area contributed by atoms with Gasteiger partial charge in [-0.1, -0.05) is 31.9 Å². The van der Waals surface area contributed by atoms with Gasteiger partial charge in [-0.15, -0.1) is 0 Å². The molecule has 146 valence electrons. The van der Waals surface area contributed by atoms with Crippen molar-refractivity contribution in [1.82, 2.24) is 4.90 Å². The molecule has 0 bridgehead atoms. The van der Waals surface area contributed by atoms with E-state index in [1.807, 2.05) is 24.3 Å². The van der Waals surface area contributed by atoms with Crippen LogP contribution in [0.4, 0.5) is 0 Å². The van der Waals surface area contributed by atoms with Crippen LogP contribution in [0.5, 0.6) is 5.75 Å². The molecule has 2 aliphatic rings. The average molecular weight is 371 g/mol. The molecule has 0 radical (unpaired) electrons. The highest BCUT2D eigenvalue weighted by Gasteiger charge is 2.47. The lowest BCUT2D eigenvalue weighted by Crippen LogP contribution is -2.45. The zero-order valence-electron chi connectivity index (χ0n) is 16.2. The number of carbonyl (C=O) groups is 2. The molecular formula is C22H29NO4. The first kappa shape index (κ1) is 19.5. The molecule has 3 rings (SSSR count). The standard InChI is InChI=1S/C22H29NO4/c1-3-14-27-18-11-8-16(9-12-18)10-13-21(24)23-19-7-5-4-6-17(19)15-20(23)22(25)26-2/h8-13,17,19-20H,3-7,14-15H2,1-2H3/b13-10+. The second-order valence-corrected chi connectivity index (χ2v) is 7.38. The van der Waals surface area contributed by atoms with Crippen molar-refractivity contribution in [2.45, 2.75) is 57.5 Å². The Bertz CT molecular complexity index is 682. The first-order valence-corrected chi connectivity index (χ1v) is 9.95. The molecule has 1 amide bonds. The zero-order chi connectivity index (χ0) is 19.2. The fourth-order valence-electron chi connectivity index (χ4n) is 4.27. The normalized spacial score (nSPS) is 24.7. The van der Waals surface area contributed by atoms with E-state index in [0.717, 1.165) is 43.4 Å². The average Bonchev–Trinajstić information content (AvgIpc) is 3.10. The molecular weight excluding hydrogens is 342 g/mol. The Hall–Kier alpha value is -2.30. The van der Waals surface area contributed by atoms with Crippen molar-refractivity contribution in [3.63, 3.8) is 0 Å². The van der Waals surface area contributed by atoms with Crippen molar-refractivity contribution < 1.29 is 19.1 Å². The van der Waals surface area contributed by atoms with E-state index < -0.39 is 6.04 Å². The van der Waals surface area contributed by atoms with Gasteiger partial charge in [-0.2, -0.15) is 0 Å². The first-order valence-electron chi connectivity index (χ1n) is 9.95. The summed E-state index contributed by atoms with van der Waals surface area (Å²) >= 11 is 0. The summed E-state index contributed by atoms with van der Waals surface area (Å²) in [5.41, 5.74) is 0.932. The van der Waals surface area contributed by atoms with E-state index in [-0.39, 0.29) is 17.9 Å². The van der Waals surface area contributed by atoms with Gasteiger partial charge in [0.25, 0.3) is 0 Å². The number of nitrogens with zero attached hydrogens (tertiary/aromatic N) is 1. The molecule has 0 aromatic heterocycles. The molecule has 1 saturated carbocycles. The van der Waals surface area contributed by atoms with Crippen molar-refractivity contribution in [1.29, 1.82) is 0 Å². The van der Waals surface area contributed by atoms with Gasteiger partial charge in [0.15, 0.2) is 0 Å². The van der Waals surface area contributed by atoms with Crippen LogP contribution in [0.3, 0.4) is 0 Å². The van der Waals surface area contributed by atoms with Crippen LogP contribution in [0.15, 0.2) is 30.3 Å². The number of hydrogen-bond acceptors (Lipinski definition) is 4. The summed E-state index contributed by atoms with van der Waals surface area (Å²) in [5.74, 6) is 0.834. The maximum Gasteiger partial charge on any atom is 0.328 e. The van der Waals surface area contributed by atoms with Gasteiger partial charge in [0, 0.05) is 12.1 Å². The summed E-state index contributed by atoms with van der Waals surface area (Å²) in [6.45, 7) is 2.76. The minimum Gasteiger partial charge on any atom is -0.494 e. The molecule has 3 unspecified atom stereocenters. The number of fused-ring (bicyclic) bond motifs is 1. The number of ether oxygens (including phenoxy) is 2. The smallest absolute Gasteiger partial charge is 0.328 e. The Morgan fingerprint density at radius 2 is 1.93 bits per heavy atom. The maximum absolute atomic E-state index is 12.9. The van der Waals surface area contributed by atoms with E-state index in [4.69, 9.17) is 9.47 Å². The number of likely N-dealkylation sites (tertiary alicyclic amines) is 1. The fourth-order valence-corrected chi connectivity index (χ4v) is 4.27. The SMILES string of the molecule is CCCOc1ccc(/C=C/C(=O)N2C(C(=O)OC)CC3CCCCC32)cc1. The molecule has 5 nitrogen and oxygen atoms in total. The molecule has 0 N–H and O–H groups in total. The third-order valence-electron chi connectivity index (χ3n) is 5.59. The quantitative estimate of drug-likeness (QED) is 0.563. The molecule has 0 spiro atoms. The van der Waals surface area contributed by atoms with Gasteiger partial charge in [0.05, 0.1) is 13.7 Å². The fraction of sp³-hybridized carbons (Fsp3) is 0.545. The number of rotatable bonds is 6. The molecule has 1 heterocycles. The Balaban J connectivity index is 1.70. The van der Waals surface area contributed by atoms with Crippen LogP contribution >= 0.6 is 0 Å². The van der Waals surface area contributed by atoms with E-state index in [1.54, 1.807) is 17.1 Å². The van der Waals surface area contributed by atoms with Crippen LogP contribution in [0, 0.1) is 5.92 Å². The molecule has 2 fully saturated rings. The summed E-state index contributed by atoms with van der Waals surface area (Å²) in [4.78, 5) is 26.9. The Labute approximate surface area is 161 Å². The monoisotopic (exact) mass is 371 g/mol. The van der Waals surface area contributed by atoms with Crippen LogP contribution in [-0.2, 0) is 14.3 Å². The summed E-state index contributed by atoms with van der Waals surface area (Å²) in [5, 5.41) is 0. The minimum absolute atomic E-state index is 0.105. The summed E-state index contributed by atoms with van der Waals surface area (Å²) in [6, 6.07) is 7.38. The molecule has 27 heavy (non-hydrogen) atoms. The van der Waals surface area contributed by atoms with Gasteiger partial charge in [-0.3, -0.25) is 4.79 Å². The summed E-state index contributed by atoms with van der Waals surface area (Å²) in [7, 11) is 1.39. The first-order chi connectivity index (χ1) is 13.1. The van der Waals surface area contributed by atoms with E-state index in [0.29, 0.717) is 12.5 Å². The molecule has 1 aliphatic carbocycles. The van der Waals surface area contributed by atoms with Crippen molar-refractivity contribution in [2.75, 3.05) is 13.7 Å². The van der Waals surface area contributed by atoms with Crippen molar-refractivity contribution in [3.05, 3.63) is 35.9 Å². The van der Waals surface area contributed by atoms with Crippen LogP contribution in [0.25, 0.3) is 6.08 Å². The van der Waals surface area contributed by atoms with E-state index >= 15 is 0 Å². The molecule has 1 aromatic carbocycles. The number of amides is 1. The van der Waals surface area contributed by atoms with Crippen LogP contribution in [-0.4, -0.2) is 42.6 Å². The van der Waals surface area contributed by atoms with Crippen LogP contribution in [0.1, 0.15) is 51.0 Å². The highest BCUT2D eigenvalue weighted by molar-refractivity contribution is 5.95. The van der Waals surface area contributed by atoms with Gasteiger partial charge < -0.3 is 14.4 Å². The van der Waals surface area contributed by atoms with Gasteiger partial charge in [-0.05, 0) is 55.4 Å². The summed E-state index contributed by atoms with van der Waals surface area (Å²) < 4.78 is 10.5. The molecule has 1 aliphatic heterocycles. The Kier molecular flexibility index (Phi) is 6.54. The van der Waals surface area contributed by atoms with Gasteiger partial charge in [0.2, 0.25) is 5.91 Å². The molecule has 1 saturated heterocycles. The van der Waals surface area contributed by atoms with Gasteiger partial charge >= 0.3 is 5.97 Å². The Morgan fingerprint density at radius 3 is 2.63 bits per heavy atom. The van der Waals surface area contributed by atoms with Gasteiger partial charge in [-0.25, -0.2) is 4.79 Å². The predicted molar refractivity (Wildman–Crippen MR) is 104 cm³/mol. The van der Waals surface area contributed by atoms with E-state index in [2.05, 4.69) is 6.92 Å². The maximum atomic E-state index is 12.9. The summed E-state index contributed by atoms with van der Waals surface area (Å²) in [6.07, 6.45) is 9.42. The van der Waals surface area contributed by atoms with Gasteiger partial charge in [0.1, 0.15) is 11.8 Å². The third kappa shape index (κ3) is 4.52. The van der Waals surface area contributed by atoms with E-state index in [1.165, 1.54) is 13.5 Å². The molecule has 5 heteroatoms. The highest BCUT2D eigenvalue weighted by Crippen LogP contribution is 2.40. The van der Waals surface area contributed by atoms with Crippen molar-refractivity contribution >= 4 is 18.0 Å². The molecule has 3 atom stereocenters. The second-order valence-electron chi connectivity index (χ2n) is 7.38. The topological polar surface area (TPSA) is 55.8 Å². The second kappa shape index (κ2) is 9.07. The number of benzene rings is 1. The number of methoxy groups -OCH3 is 1. The van der Waals surface area contributed by atoms with Crippen LogP contribution in [0.2, 0.25) is 0 Å². The molecule has 1 aromatic rings. The third-order valence-corrected chi connectivity index (χ3v) is 5.59. The lowest BCUT2D eigenvalue weighted by Gasteiger charge is -2.32. The van der Waals surface area contributed by atoms with Crippen molar-refractivity contribution in [3.8, 4) is 5.75 Å². The van der Waals surface area contributed by atoms with E-state index in [9.17, 15) is 9.59 Å². The van der Waals surface area contributed by atoms with Crippen LogP contribution < -0.4 is 4.74 Å². The Morgan fingerprint density at radius 1 is 1.19 bits per heavy atom. The van der Waals surface area contributed by atoms with Crippen molar-refractivity contribution in [2.24, 2.45) is 5.92 Å². The number of hydrogen-bond donors (Lipinski definition) is 0. The lowest BCUT2D eigenvalue weighted by molar-refractivity contribution is -0.150. The minimum atomic E-state index is -0.454.